The number of amides is 2. The number of hydrogen-bond donors (Lipinski definition) is 4. The number of carboxylic acid groups (broad SMARTS) is 1. The quantitative estimate of drug-likeness (QED) is 0.381. The maximum atomic E-state index is 13.6. The van der Waals surface area contributed by atoms with Gasteiger partial charge in [-0.25, -0.2) is 18.4 Å². The average Bonchev–Trinajstić information content (AvgIpc) is 3.18. The van der Waals surface area contributed by atoms with Crippen molar-refractivity contribution in [1.29, 1.82) is 0 Å². The summed E-state index contributed by atoms with van der Waals surface area (Å²) in [6.45, 7) is 3.85. The van der Waals surface area contributed by atoms with Gasteiger partial charge in [0.05, 0.1) is 5.69 Å². The van der Waals surface area contributed by atoms with Crippen molar-refractivity contribution in [3.63, 3.8) is 0 Å². The van der Waals surface area contributed by atoms with Crippen LogP contribution in [0.5, 0.6) is 0 Å². The fraction of sp³-hybridized carbons (Fsp3) is 0.227. The second-order valence-electron chi connectivity index (χ2n) is 7.52. The molecule has 4 N–H and O–H groups in total. The molecule has 1 heterocycles. The number of carbonyl (C=O) groups is 2. The smallest absolute Gasteiger partial charge is 0.326 e. The molecule has 0 saturated carbocycles. The van der Waals surface area contributed by atoms with Gasteiger partial charge in [0.2, 0.25) is 5.88 Å². The van der Waals surface area contributed by atoms with E-state index in [9.17, 15) is 23.5 Å². The topological polar surface area (TPSA) is 116 Å². The molecule has 0 saturated heterocycles. The van der Waals surface area contributed by atoms with Gasteiger partial charge in [-0.1, -0.05) is 31.1 Å². The van der Waals surface area contributed by atoms with Gasteiger partial charge >= 0.3 is 12.0 Å². The number of nitrogens with zero attached hydrogens (tertiary/aromatic N) is 1. The molecule has 2 amide bonds. The molecule has 0 radical (unpaired) electrons. The zero-order valence-corrected chi connectivity index (χ0v) is 17.4. The Kier molecular flexibility index (Phi) is 7.04. The predicted octanol–water partition coefficient (Wildman–Crippen LogP) is 5.18. The Morgan fingerprint density at radius 3 is 2.41 bits per heavy atom. The summed E-state index contributed by atoms with van der Waals surface area (Å²) in [6, 6.07) is 9.50. The second-order valence-corrected chi connectivity index (χ2v) is 7.52. The van der Waals surface area contributed by atoms with Crippen molar-refractivity contribution in [2.45, 2.75) is 26.3 Å². The van der Waals surface area contributed by atoms with Crippen LogP contribution in [0.3, 0.4) is 0 Å². The summed E-state index contributed by atoms with van der Waals surface area (Å²) in [7, 11) is 0. The molecule has 2 aromatic carbocycles. The Hall–Kier alpha value is -3.95. The van der Waals surface area contributed by atoms with Crippen LogP contribution in [0.25, 0.3) is 11.3 Å². The minimum absolute atomic E-state index is 0.153. The Morgan fingerprint density at radius 1 is 1.06 bits per heavy atom. The van der Waals surface area contributed by atoms with E-state index >= 15 is 0 Å². The lowest BCUT2D eigenvalue weighted by atomic mass is 10.0. The van der Waals surface area contributed by atoms with Crippen molar-refractivity contribution in [1.82, 2.24) is 5.16 Å². The molecule has 0 aliphatic rings. The maximum Gasteiger partial charge on any atom is 0.326 e. The Bertz CT molecular complexity index is 1100. The summed E-state index contributed by atoms with van der Waals surface area (Å²) < 4.78 is 31.8. The number of rotatable bonds is 8. The fourth-order valence-electron chi connectivity index (χ4n) is 2.94. The largest absolute Gasteiger partial charge is 0.480 e. The molecule has 8 nitrogen and oxygen atoms in total. The van der Waals surface area contributed by atoms with Crippen LogP contribution in [0.2, 0.25) is 0 Å². The van der Waals surface area contributed by atoms with Crippen LogP contribution in [-0.4, -0.2) is 28.3 Å². The van der Waals surface area contributed by atoms with Crippen LogP contribution in [0.4, 0.5) is 30.8 Å². The van der Waals surface area contributed by atoms with Crippen LogP contribution >= 0.6 is 0 Å². The van der Waals surface area contributed by atoms with E-state index in [1.54, 1.807) is 30.3 Å². The van der Waals surface area contributed by atoms with Gasteiger partial charge in [-0.15, -0.1) is 0 Å². The van der Waals surface area contributed by atoms with Gasteiger partial charge in [0.1, 0.15) is 23.4 Å². The number of carboxylic acids is 1. The van der Waals surface area contributed by atoms with Crippen LogP contribution in [0.1, 0.15) is 20.3 Å². The van der Waals surface area contributed by atoms with E-state index in [2.05, 4.69) is 21.1 Å². The van der Waals surface area contributed by atoms with E-state index in [-0.39, 0.29) is 17.5 Å². The first-order chi connectivity index (χ1) is 15.2. The maximum absolute atomic E-state index is 13.6. The monoisotopic (exact) mass is 444 g/mol. The first-order valence-electron chi connectivity index (χ1n) is 9.81. The molecule has 0 fully saturated rings. The van der Waals surface area contributed by atoms with Gasteiger partial charge in [-0.05, 0) is 36.6 Å². The van der Waals surface area contributed by atoms with Crippen LogP contribution in [0.15, 0.2) is 53.1 Å². The molecule has 0 aliphatic carbocycles. The standard InChI is InChI=1S/C22H22F2N4O4/c1-12(2)9-19(21(29)30)26-20-11-18(28-32-20)13-3-6-15(7-4-13)25-22(31)27-17-8-5-14(23)10-16(17)24/h3-8,10-12,19,26H,9H2,1-2H3,(H,29,30)(H2,25,27,31). The van der Waals surface area contributed by atoms with Crippen LogP contribution in [-0.2, 0) is 4.79 Å². The third kappa shape index (κ3) is 6.03. The zero-order chi connectivity index (χ0) is 23.3. The highest BCUT2D eigenvalue weighted by Gasteiger charge is 2.20. The summed E-state index contributed by atoms with van der Waals surface area (Å²) in [5, 5.41) is 20.9. The van der Waals surface area contributed by atoms with E-state index in [4.69, 9.17) is 4.52 Å². The van der Waals surface area contributed by atoms with Gasteiger partial charge < -0.3 is 25.6 Å². The minimum atomic E-state index is -0.981. The molecular formula is C22H22F2N4O4. The third-order valence-electron chi connectivity index (χ3n) is 4.45. The van der Waals surface area contributed by atoms with Crippen LogP contribution < -0.4 is 16.0 Å². The number of anilines is 3. The van der Waals surface area contributed by atoms with Crippen molar-refractivity contribution in [3.8, 4) is 11.3 Å². The minimum Gasteiger partial charge on any atom is -0.480 e. The first kappa shape index (κ1) is 22.7. The number of carbonyl (C=O) groups excluding carboxylic acids is 1. The summed E-state index contributed by atoms with van der Waals surface area (Å²) in [5.74, 6) is -2.19. The Labute approximate surface area is 182 Å². The molecule has 0 aliphatic heterocycles. The van der Waals surface area contributed by atoms with Crippen molar-refractivity contribution in [2.24, 2.45) is 5.92 Å². The molecule has 32 heavy (non-hydrogen) atoms. The summed E-state index contributed by atoms with van der Waals surface area (Å²) in [6.07, 6.45) is 0.426. The lowest BCUT2D eigenvalue weighted by Gasteiger charge is -2.14. The fourth-order valence-corrected chi connectivity index (χ4v) is 2.94. The average molecular weight is 444 g/mol. The number of aromatic nitrogens is 1. The van der Waals surface area contributed by atoms with Crippen molar-refractivity contribution < 1.29 is 28.0 Å². The molecule has 1 atom stereocenters. The lowest BCUT2D eigenvalue weighted by molar-refractivity contribution is -0.138. The lowest BCUT2D eigenvalue weighted by Crippen LogP contribution is -2.30. The summed E-state index contributed by atoms with van der Waals surface area (Å²) in [5.41, 5.74) is 1.43. The normalized spacial score (nSPS) is 11.8. The number of hydrogen-bond acceptors (Lipinski definition) is 5. The molecule has 3 aromatic rings. The SMILES string of the molecule is CC(C)CC(Nc1cc(-c2ccc(NC(=O)Nc3ccc(F)cc3F)cc2)no1)C(=O)O. The van der Waals surface area contributed by atoms with E-state index in [0.29, 0.717) is 29.4 Å². The van der Waals surface area contributed by atoms with Gasteiger partial charge in [0.25, 0.3) is 0 Å². The van der Waals surface area contributed by atoms with E-state index in [1.165, 1.54) is 0 Å². The highest BCUT2D eigenvalue weighted by Crippen LogP contribution is 2.24. The van der Waals surface area contributed by atoms with Crippen molar-refractivity contribution in [2.75, 3.05) is 16.0 Å². The summed E-state index contributed by atoms with van der Waals surface area (Å²) in [4.78, 5) is 23.4. The molecular weight excluding hydrogens is 422 g/mol. The van der Waals surface area contributed by atoms with Crippen LogP contribution in [0, 0.1) is 17.6 Å². The number of benzene rings is 2. The van der Waals surface area contributed by atoms with Gasteiger partial charge in [0, 0.05) is 23.4 Å². The molecule has 0 bridgehead atoms. The third-order valence-corrected chi connectivity index (χ3v) is 4.45. The second kappa shape index (κ2) is 9.90. The molecule has 3 rings (SSSR count). The molecule has 168 valence electrons. The van der Waals surface area contributed by atoms with Crippen molar-refractivity contribution >= 4 is 29.3 Å². The van der Waals surface area contributed by atoms with E-state index in [1.807, 2.05) is 13.8 Å². The molecule has 1 unspecified atom stereocenters. The van der Waals surface area contributed by atoms with Gasteiger partial charge in [-0.2, -0.15) is 0 Å². The first-order valence-corrected chi connectivity index (χ1v) is 9.81. The Morgan fingerprint density at radius 2 is 1.78 bits per heavy atom. The molecule has 1 aromatic heterocycles. The van der Waals surface area contributed by atoms with E-state index in [0.717, 1.165) is 12.1 Å². The predicted molar refractivity (Wildman–Crippen MR) is 115 cm³/mol. The number of halogens is 2. The molecule has 10 heteroatoms. The summed E-state index contributed by atoms with van der Waals surface area (Å²) >= 11 is 0. The molecule has 0 spiro atoms. The van der Waals surface area contributed by atoms with Gasteiger partial charge in [0.15, 0.2) is 0 Å². The number of aliphatic carboxylic acids is 1. The zero-order valence-electron chi connectivity index (χ0n) is 17.4. The Balaban J connectivity index is 1.62. The number of nitrogens with one attached hydrogen (secondary N) is 3. The van der Waals surface area contributed by atoms with Crippen molar-refractivity contribution in [3.05, 3.63) is 60.2 Å². The van der Waals surface area contributed by atoms with E-state index < -0.39 is 29.7 Å². The highest BCUT2D eigenvalue weighted by atomic mass is 19.1. The number of urea groups is 1. The van der Waals surface area contributed by atoms with Gasteiger partial charge in [-0.3, -0.25) is 0 Å². The highest BCUT2D eigenvalue weighted by molar-refractivity contribution is 5.99.